The first kappa shape index (κ1) is 24.7. The highest BCUT2D eigenvalue weighted by molar-refractivity contribution is 5.99. The van der Waals surface area contributed by atoms with Crippen molar-refractivity contribution < 1.29 is 33.0 Å². The van der Waals surface area contributed by atoms with E-state index in [1.807, 2.05) is 0 Å². The second-order valence-electron chi connectivity index (χ2n) is 8.22. The van der Waals surface area contributed by atoms with Crippen molar-refractivity contribution in [3.05, 3.63) is 77.1 Å². The van der Waals surface area contributed by atoms with Gasteiger partial charge in [0.25, 0.3) is 5.91 Å². The number of hydrogen-bond acceptors (Lipinski definition) is 5. The Hall–Kier alpha value is -4.41. The van der Waals surface area contributed by atoms with Crippen LogP contribution in [0.1, 0.15) is 28.0 Å². The number of aromatic nitrogens is 1. The molecule has 2 heterocycles. The third-order valence-electron chi connectivity index (χ3n) is 5.92. The Bertz CT molecular complexity index is 1300. The fraction of sp³-hybridized carbons (Fsp3) is 0.240. The third kappa shape index (κ3) is 5.14. The molecule has 1 aromatic heterocycles. The number of fused-ring (bicyclic) bond motifs is 1. The van der Waals surface area contributed by atoms with Gasteiger partial charge >= 0.3 is 0 Å². The highest BCUT2D eigenvalue weighted by Crippen LogP contribution is 2.32. The molecular weight excluding hydrogens is 474 g/mol. The van der Waals surface area contributed by atoms with E-state index in [1.165, 1.54) is 23.1 Å². The van der Waals surface area contributed by atoms with Crippen LogP contribution >= 0.6 is 0 Å². The first-order valence-electron chi connectivity index (χ1n) is 11.1. The lowest BCUT2D eigenvalue weighted by molar-refractivity contribution is -0.139. The van der Waals surface area contributed by atoms with E-state index in [0.29, 0.717) is 11.3 Å². The fourth-order valence-corrected chi connectivity index (χ4v) is 4.10. The van der Waals surface area contributed by atoms with Crippen molar-refractivity contribution in [2.45, 2.75) is 25.4 Å². The van der Waals surface area contributed by atoms with E-state index < -0.39 is 35.2 Å². The van der Waals surface area contributed by atoms with Crippen molar-refractivity contribution in [3.63, 3.8) is 0 Å². The Morgan fingerprint density at radius 1 is 1.17 bits per heavy atom. The molecule has 0 saturated carbocycles. The molecule has 2 aromatic carbocycles. The van der Waals surface area contributed by atoms with Crippen molar-refractivity contribution in [3.8, 4) is 11.5 Å². The van der Waals surface area contributed by atoms with Crippen molar-refractivity contribution in [1.29, 1.82) is 0 Å². The molecule has 1 aliphatic rings. The molecule has 0 unspecified atom stereocenters. The number of phenols is 1. The van der Waals surface area contributed by atoms with Gasteiger partial charge in [0.15, 0.2) is 11.6 Å². The van der Waals surface area contributed by atoms with E-state index in [0.717, 1.165) is 18.7 Å². The molecule has 188 valence electrons. The van der Waals surface area contributed by atoms with E-state index in [9.17, 15) is 28.3 Å². The number of methoxy groups -OCH3 is 1. The molecule has 4 rings (SSSR count). The molecule has 0 bridgehead atoms. The quantitative estimate of drug-likeness (QED) is 0.399. The average Bonchev–Trinajstić information content (AvgIpc) is 3.41. The molecule has 4 N–H and O–H groups in total. The molecule has 36 heavy (non-hydrogen) atoms. The number of H-pyrrole nitrogens is 1. The van der Waals surface area contributed by atoms with Crippen LogP contribution < -0.4 is 15.4 Å². The lowest BCUT2D eigenvalue weighted by atomic mass is 9.92. The summed E-state index contributed by atoms with van der Waals surface area (Å²) in [6.07, 6.45) is 1.62. The highest BCUT2D eigenvalue weighted by Gasteiger charge is 2.35. The van der Waals surface area contributed by atoms with E-state index in [-0.39, 0.29) is 43.3 Å². The number of amides is 3. The average molecular weight is 498 g/mol. The van der Waals surface area contributed by atoms with E-state index in [4.69, 9.17) is 4.74 Å². The van der Waals surface area contributed by atoms with Crippen LogP contribution in [0.25, 0.3) is 0 Å². The number of aromatic amines is 1. The fourth-order valence-electron chi connectivity index (χ4n) is 4.10. The standard InChI is InChI=1S/C25H24F2N4O5/c1-36-23-18(7-6-17(26)22(23)27)30-25(35)20-12-15-11-16(32)5-4-14(15)13-31(20)21(33)8-10-29-24(34)19-3-2-9-28-19/h2-7,9,11,20,28,32H,8,10,12-13H2,1H3,(H,29,34)(H,30,35)/t20-/m1/s1. The number of phenolic OH excluding ortho intramolecular Hbond substituents is 1. The summed E-state index contributed by atoms with van der Waals surface area (Å²) in [6, 6.07) is 8.97. The molecule has 0 spiro atoms. The first-order valence-corrected chi connectivity index (χ1v) is 11.1. The van der Waals surface area contributed by atoms with Gasteiger partial charge in [0, 0.05) is 32.1 Å². The Kier molecular flexibility index (Phi) is 7.18. The highest BCUT2D eigenvalue weighted by atomic mass is 19.2. The molecule has 1 aliphatic heterocycles. The smallest absolute Gasteiger partial charge is 0.267 e. The number of carbonyl (C=O) groups excluding carboxylic acids is 3. The number of nitrogens with one attached hydrogen (secondary N) is 3. The van der Waals surface area contributed by atoms with Gasteiger partial charge in [-0.3, -0.25) is 14.4 Å². The zero-order valence-electron chi connectivity index (χ0n) is 19.3. The van der Waals surface area contributed by atoms with Crippen LogP contribution in [0, 0.1) is 11.6 Å². The molecule has 0 aliphatic carbocycles. The Morgan fingerprint density at radius 2 is 1.97 bits per heavy atom. The second kappa shape index (κ2) is 10.5. The molecule has 1 atom stereocenters. The normalized spacial score (nSPS) is 14.6. The zero-order valence-corrected chi connectivity index (χ0v) is 19.3. The number of carbonyl (C=O) groups is 3. The maximum atomic E-state index is 14.1. The molecule has 0 radical (unpaired) electrons. The first-order chi connectivity index (χ1) is 17.3. The minimum Gasteiger partial charge on any atom is -0.508 e. The number of ether oxygens (including phenoxy) is 1. The van der Waals surface area contributed by atoms with Gasteiger partial charge in [-0.25, -0.2) is 4.39 Å². The van der Waals surface area contributed by atoms with Gasteiger partial charge in [-0.05, 0) is 47.5 Å². The summed E-state index contributed by atoms with van der Waals surface area (Å²) < 4.78 is 32.6. The molecule has 3 aromatic rings. The van der Waals surface area contributed by atoms with Gasteiger partial charge in [0.1, 0.15) is 17.5 Å². The third-order valence-corrected chi connectivity index (χ3v) is 5.92. The van der Waals surface area contributed by atoms with Crippen LogP contribution in [0.3, 0.4) is 0 Å². The summed E-state index contributed by atoms with van der Waals surface area (Å²) in [4.78, 5) is 42.7. The predicted molar refractivity (Wildman–Crippen MR) is 125 cm³/mol. The van der Waals surface area contributed by atoms with Gasteiger partial charge in [-0.15, -0.1) is 0 Å². The number of hydrogen-bond donors (Lipinski definition) is 4. The lowest BCUT2D eigenvalue weighted by Crippen LogP contribution is -2.51. The van der Waals surface area contributed by atoms with Crippen LogP contribution in [0.15, 0.2) is 48.7 Å². The molecule has 0 fully saturated rings. The number of anilines is 1. The summed E-state index contributed by atoms with van der Waals surface area (Å²) in [6.45, 7) is 0.132. The maximum Gasteiger partial charge on any atom is 0.267 e. The molecule has 9 nitrogen and oxygen atoms in total. The molecule has 11 heteroatoms. The topological polar surface area (TPSA) is 124 Å². The lowest BCUT2D eigenvalue weighted by Gasteiger charge is -2.36. The predicted octanol–water partition coefficient (Wildman–Crippen LogP) is 2.72. The van der Waals surface area contributed by atoms with E-state index in [2.05, 4.69) is 15.6 Å². The number of aromatic hydroxyl groups is 1. The van der Waals surface area contributed by atoms with Gasteiger partial charge in [-0.1, -0.05) is 6.07 Å². The molecular formula is C25H24F2N4O5. The number of benzene rings is 2. The SMILES string of the molecule is COc1c(NC(=O)[C@H]2Cc3cc(O)ccc3CN2C(=O)CCNC(=O)c2ccc[nH]2)ccc(F)c1F. The van der Waals surface area contributed by atoms with Crippen LogP contribution in [0.2, 0.25) is 0 Å². The number of rotatable bonds is 7. The summed E-state index contributed by atoms with van der Waals surface area (Å²) in [5.74, 6) is -4.24. The molecule has 3 amide bonds. The van der Waals surface area contributed by atoms with E-state index in [1.54, 1.807) is 24.4 Å². The van der Waals surface area contributed by atoms with Crippen LogP contribution in [0.5, 0.6) is 11.5 Å². The monoisotopic (exact) mass is 498 g/mol. The number of halogens is 2. The number of nitrogens with zero attached hydrogens (tertiary/aromatic N) is 1. The van der Waals surface area contributed by atoms with E-state index >= 15 is 0 Å². The second-order valence-corrected chi connectivity index (χ2v) is 8.22. The van der Waals surface area contributed by atoms with Crippen molar-refractivity contribution in [1.82, 2.24) is 15.2 Å². The largest absolute Gasteiger partial charge is 0.508 e. The van der Waals surface area contributed by atoms with Gasteiger partial charge in [-0.2, -0.15) is 4.39 Å². The summed E-state index contributed by atoms with van der Waals surface area (Å²) in [7, 11) is 1.14. The van der Waals surface area contributed by atoms with Crippen LogP contribution in [-0.4, -0.2) is 52.4 Å². The Labute approximate surface area is 205 Å². The van der Waals surface area contributed by atoms with Gasteiger partial charge in [0.2, 0.25) is 17.6 Å². The summed E-state index contributed by atoms with van der Waals surface area (Å²) in [5, 5.41) is 15.0. The van der Waals surface area contributed by atoms with Crippen molar-refractivity contribution in [2.75, 3.05) is 19.0 Å². The minimum absolute atomic E-state index is 0.0157. The van der Waals surface area contributed by atoms with Gasteiger partial charge < -0.3 is 30.4 Å². The summed E-state index contributed by atoms with van der Waals surface area (Å²) >= 11 is 0. The molecule has 0 saturated heterocycles. The van der Waals surface area contributed by atoms with Crippen molar-refractivity contribution in [2.24, 2.45) is 0 Å². The van der Waals surface area contributed by atoms with Crippen LogP contribution in [0.4, 0.5) is 14.5 Å². The Balaban J connectivity index is 1.53. The Morgan fingerprint density at radius 3 is 2.69 bits per heavy atom. The van der Waals surface area contributed by atoms with Crippen molar-refractivity contribution >= 4 is 23.4 Å². The maximum absolute atomic E-state index is 14.1. The van der Waals surface area contributed by atoms with Gasteiger partial charge in [0.05, 0.1) is 12.8 Å². The summed E-state index contributed by atoms with van der Waals surface area (Å²) in [5.41, 5.74) is 1.70. The zero-order chi connectivity index (χ0) is 25.8. The minimum atomic E-state index is -1.25. The van der Waals surface area contributed by atoms with Crippen LogP contribution in [-0.2, 0) is 22.6 Å².